The first-order valence-corrected chi connectivity index (χ1v) is 7.20. The van der Waals surface area contributed by atoms with Gasteiger partial charge in [-0.1, -0.05) is 0 Å². The number of fused-ring (bicyclic) bond motifs is 2. The lowest BCUT2D eigenvalue weighted by atomic mass is 9.98. The van der Waals surface area contributed by atoms with Crippen LogP contribution < -0.4 is 5.32 Å². The number of halogens is 2. The number of hydrogen-bond acceptors (Lipinski definition) is 3. The van der Waals surface area contributed by atoms with Gasteiger partial charge in [0, 0.05) is 25.2 Å². The van der Waals surface area contributed by atoms with Crippen molar-refractivity contribution in [1.29, 1.82) is 0 Å². The molecule has 2 unspecified atom stereocenters. The van der Waals surface area contributed by atoms with Crippen LogP contribution in [-0.2, 0) is 0 Å². The summed E-state index contributed by atoms with van der Waals surface area (Å²) in [5, 5.41) is 3.59. The Morgan fingerprint density at radius 1 is 1.42 bits per heavy atom. The van der Waals surface area contributed by atoms with Gasteiger partial charge in [0.2, 0.25) is 5.76 Å². The molecule has 3 rings (SSSR count). The molecule has 4 nitrogen and oxygen atoms in total. The molecule has 6 heteroatoms. The molecule has 2 saturated heterocycles. The lowest BCUT2D eigenvalue weighted by Crippen LogP contribution is -2.48. The molecular weight excluding hydrogens is 332 g/mol. The van der Waals surface area contributed by atoms with Crippen LogP contribution in [0.25, 0.3) is 0 Å². The van der Waals surface area contributed by atoms with Crippen molar-refractivity contribution in [2.24, 2.45) is 0 Å². The number of amides is 1. The highest BCUT2D eigenvalue weighted by Crippen LogP contribution is 2.30. The molecule has 3 heterocycles. The van der Waals surface area contributed by atoms with Crippen molar-refractivity contribution in [3.63, 3.8) is 0 Å². The summed E-state index contributed by atoms with van der Waals surface area (Å²) in [6, 6.07) is 3.26. The summed E-state index contributed by atoms with van der Waals surface area (Å²) in [5.74, 6) is 0.376. The fraction of sp³-hybridized carbons (Fsp3) is 0.615. The molecule has 0 radical (unpaired) electrons. The minimum atomic E-state index is -0.0295. The third-order valence-electron chi connectivity index (χ3n) is 4.13. The Labute approximate surface area is 127 Å². The van der Waals surface area contributed by atoms with Gasteiger partial charge in [-0.2, -0.15) is 0 Å². The maximum Gasteiger partial charge on any atom is 0.290 e. The highest BCUT2D eigenvalue weighted by atomic mass is 79.9. The minimum absolute atomic E-state index is 0. The van der Waals surface area contributed by atoms with E-state index < -0.39 is 0 Å². The highest BCUT2D eigenvalue weighted by Gasteiger charge is 2.37. The number of carbonyl (C=O) groups excluding carboxylic acids is 1. The smallest absolute Gasteiger partial charge is 0.290 e. The van der Waals surface area contributed by atoms with Gasteiger partial charge >= 0.3 is 0 Å². The molecule has 2 bridgehead atoms. The number of furan rings is 1. The molecule has 2 atom stereocenters. The van der Waals surface area contributed by atoms with E-state index in [4.69, 9.17) is 4.42 Å². The summed E-state index contributed by atoms with van der Waals surface area (Å²) in [7, 11) is 1.88. The topological polar surface area (TPSA) is 45.5 Å². The largest absolute Gasteiger partial charge is 0.458 e. The van der Waals surface area contributed by atoms with Gasteiger partial charge in [-0.15, -0.1) is 12.4 Å². The van der Waals surface area contributed by atoms with Gasteiger partial charge in [0.05, 0.1) is 10.7 Å². The van der Waals surface area contributed by atoms with E-state index in [1.165, 1.54) is 19.1 Å². The Morgan fingerprint density at radius 2 is 2.05 bits per heavy atom. The van der Waals surface area contributed by atoms with Crippen LogP contribution in [0.5, 0.6) is 0 Å². The molecular formula is C13H18BrClN2O2. The standard InChI is InChI=1S/C13H17BrN2O2.ClH/c1-16(13(17)12-11(14)4-5-18-12)10-6-8-2-3-9(7-10)15-8;/h4-5,8-10,15H,2-3,6-7H2,1H3;1H. The molecule has 1 N–H and O–H groups in total. The van der Waals surface area contributed by atoms with Crippen LogP contribution in [0.1, 0.15) is 36.2 Å². The normalized spacial score (nSPS) is 28.8. The van der Waals surface area contributed by atoms with Crippen LogP contribution in [0.2, 0.25) is 0 Å². The highest BCUT2D eigenvalue weighted by molar-refractivity contribution is 9.10. The van der Waals surface area contributed by atoms with Crippen molar-refractivity contribution in [2.45, 2.75) is 43.8 Å². The average molecular weight is 350 g/mol. The van der Waals surface area contributed by atoms with Crippen molar-refractivity contribution >= 4 is 34.2 Å². The Morgan fingerprint density at radius 3 is 2.58 bits per heavy atom. The number of piperidine rings is 1. The zero-order chi connectivity index (χ0) is 12.7. The molecule has 2 fully saturated rings. The Bertz CT molecular complexity index is 453. The van der Waals surface area contributed by atoms with E-state index in [0.717, 1.165) is 17.3 Å². The van der Waals surface area contributed by atoms with Crippen molar-refractivity contribution < 1.29 is 9.21 Å². The first kappa shape index (κ1) is 14.9. The first-order chi connectivity index (χ1) is 8.65. The second kappa shape index (κ2) is 5.85. The van der Waals surface area contributed by atoms with E-state index in [1.54, 1.807) is 6.07 Å². The lowest BCUT2D eigenvalue weighted by Gasteiger charge is -2.35. The van der Waals surface area contributed by atoms with Crippen molar-refractivity contribution in [3.05, 3.63) is 22.6 Å². The fourth-order valence-corrected chi connectivity index (χ4v) is 3.49. The third kappa shape index (κ3) is 2.83. The maximum atomic E-state index is 12.3. The van der Waals surface area contributed by atoms with Gasteiger partial charge in [-0.3, -0.25) is 4.79 Å². The summed E-state index contributed by atoms with van der Waals surface area (Å²) in [6.45, 7) is 0. The van der Waals surface area contributed by atoms with Gasteiger partial charge in [0.25, 0.3) is 5.91 Å². The minimum Gasteiger partial charge on any atom is -0.458 e. The number of nitrogens with zero attached hydrogens (tertiary/aromatic N) is 1. The van der Waals surface area contributed by atoms with Crippen LogP contribution in [0.4, 0.5) is 0 Å². The molecule has 1 amide bonds. The SMILES string of the molecule is CN(C(=O)c1occc1Br)C1CC2CCC(C1)N2.Cl. The third-order valence-corrected chi connectivity index (χ3v) is 4.75. The van der Waals surface area contributed by atoms with E-state index >= 15 is 0 Å². The summed E-state index contributed by atoms with van der Waals surface area (Å²) in [4.78, 5) is 14.2. The fourth-order valence-electron chi connectivity index (χ4n) is 3.12. The van der Waals surface area contributed by atoms with Gasteiger partial charge in [0.1, 0.15) is 0 Å². The van der Waals surface area contributed by atoms with Crippen LogP contribution >= 0.6 is 28.3 Å². The summed E-state index contributed by atoms with van der Waals surface area (Å²) in [6.07, 6.45) is 6.13. The van der Waals surface area contributed by atoms with E-state index in [2.05, 4.69) is 21.2 Å². The molecule has 2 aliphatic heterocycles. The molecule has 0 saturated carbocycles. The van der Waals surface area contributed by atoms with Crippen LogP contribution in [-0.4, -0.2) is 36.0 Å². The molecule has 2 aliphatic rings. The Kier molecular flexibility index (Phi) is 4.58. The molecule has 0 spiro atoms. The molecule has 19 heavy (non-hydrogen) atoms. The molecule has 1 aromatic heterocycles. The second-order valence-electron chi connectivity index (χ2n) is 5.28. The molecule has 1 aromatic rings. The van der Waals surface area contributed by atoms with Crippen LogP contribution in [0, 0.1) is 0 Å². The number of carbonyl (C=O) groups is 1. The Balaban J connectivity index is 0.00000133. The molecule has 0 aliphatic carbocycles. The molecule has 0 aromatic carbocycles. The predicted molar refractivity (Wildman–Crippen MR) is 78.7 cm³/mol. The second-order valence-corrected chi connectivity index (χ2v) is 6.13. The summed E-state index contributed by atoms with van der Waals surface area (Å²) >= 11 is 3.34. The van der Waals surface area contributed by atoms with E-state index in [1.807, 2.05) is 11.9 Å². The predicted octanol–water partition coefficient (Wildman–Crippen LogP) is 2.82. The van der Waals surface area contributed by atoms with Crippen molar-refractivity contribution in [1.82, 2.24) is 10.2 Å². The van der Waals surface area contributed by atoms with Crippen molar-refractivity contribution in [3.8, 4) is 0 Å². The summed E-state index contributed by atoms with van der Waals surface area (Å²) in [5.41, 5.74) is 0. The van der Waals surface area contributed by atoms with E-state index in [0.29, 0.717) is 23.9 Å². The Hall–Kier alpha value is -0.520. The summed E-state index contributed by atoms with van der Waals surface area (Å²) < 4.78 is 5.99. The van der Waals surface area contributed by atoms with Gasteiger partial charge < -0.3 is 14.6 Å². The van der Waals surface area contributed by atoms with Crippen molar-refractivity contribution in [2.75, 3.05) is 7.05 Å². The number of hydrogen-bond donors (Lipinski definition) is 1. The van der Waals surface area contributed by atoms with Gasteiger partial charge in [0.15, 0.2) is 0 Å². The quantitative estimate of drug-likeness (QED) is 0.893. The molecule has 106 valence electrons. The van der Waals surface area contributed by atoms with Crippen LogP contribution in [0.15, 0.2) is 21.2 Å². The lowest BCUT2D eigenvalue weighted by molar-refractivity contribution is 0.0648. The first-order valence-electron chi connectivity index (χ1n) is 6.41. The number of nitrogens with one attached hydrogen (secondary N) is 1. The zero-order valence-corrected chi connectivity index (χ0v) is 13.2. The van der Waals surface area contributed by atoms with E-state index in [9.17, 15) is 4.79 Å². The monoisotopic (exact) mass is 348 g/mol. The zero-order valence-electron chi connectivity index (χ0n) is 10.8. The average Bonchev–Trinajstić information content (AvgIpc) is 2.93. The van der Waals surface area contributed by atoms with Crippen LogP contribution in [0.3, 0.4) is 0 Å². The van der Waals surface area contributed by atoms with Gasteiger partial charge in [-0.25, -0.2) is 0 Å². The maximum absolute atomic E-state index is 12.3. The number of rotatable bonds is 2. The van der Waals surface area contributed by atoms with Gasteiger partial charge in [-0.05, 0) is 47.7 Å². The van der Waals surface area contributed by atoms with E-state index in [-0.39, 0.29) is 18.3 Å².